The van der Waals surface area contributed by atoms with Gasteiger partial charge in [-0.05, 0) is 61.9 Å². The Kier molecular flexibility index (Phi) is 4.97. The molecular weight excluding hydrogens is 336 g/mol. The van der Waals surface area contributed by atoms with E-state index in [9.17, 15) is 9.59 Å². The van der Waals surface area contributed by atoms with Gasteiger partial charge in [0.15, 0.2) is 0 Å². The van der Waals surface area contributed by atoms with Gasteiger partial charge in [0.05, 0.1) is 0 Å². The van der Waals surface area contributed by atoms with Crippen molar-refractivity contribution in [3.8, 4) is 0 Å². The Balaban J connectivity index is 1.60. The summed E-state index contributed by atoms with van der Waals surface area (Å²) in [5, 5.41) is 3.04. The predicted molar refractivity (Wildman–Crippen MR) is 107 cm³/mol. The second-order valence-electron chi connectivity index (χ2n) is 7.80. The summed E-state index contributed by atoms with van der Waals surface area (Å²) in [4.78, 5) is 28.3. The molecule has 1 aliphatic carbocycles. The van der Waals surface area contributed by atoms with Crippen LogP contribution < -0.4 is 5.32 Å². The van der Waals surface area contributed by atoms with Crippen molar-refractivity contribution in [1.82, 2.24) is 4.90 Å². The number of nitrogens with zero attached hydrogens (tertiary/aromatic N) is 1. The first kappa shape index (κ1) is 17.8. The Morgan fingerprint density at radius 3 is 2.56 bits per heavy atom. The summed E-state index contributed by atoms with van der Waals surface area (Å²) in [6.45, 7) is 2.00. The van der Waals surface area contributed by atoms with Crippen molar-refractivity contribution in [3.63, 3.8) is 0 Å². The monoisotopic (exact) mass is 362 g/mol. The summed E-state index contributed by atoms with van der Waals surface area (Å²) in [6.07, 6.45) is 5.20. The largest absolute Gasteiger partial charge is 0.324 e. The number of benzene rings is 2. The first-order valence-corrected chi connectivity index (χ1v) is 9.89. The summed E-state index contributed by atoms with van der Waals surface area (Å²) in [7, 11) is 0. The molecule has 1 aliphatic heterocycles. The fraction of sp³-hybridized carbons (Fsp3) is 0.391. The summed E-state index contributed by atoms with van der Waals surface area (Å²) in [6, 6.07) is 16.9. The highest BCUT2D eigenvalue weighted by molar-refractivity contribution is 6.01. The predicted octanol–water partition coefficient (Wildman–Crippen LogP) is 4.41. The van der Waals surface area contributed by atoms with Crippen molar-refractivity contribution in [2.45, 2.75) is 51.1 Å². The molecule has 1 saturated heterocycles. The number of hydrogen-bond acceptors (Lipinski definition) is 2. The van der Waals surface area contributed by atoms with Crippen LogP contribution in [0.3, 0.4) is 0 Å². The minimum atomic E-state index is -0.397. The van der Waals surface area contributed by atoms with Gasteiger partial charge in [-0.1, -0.05) is 43.2 Å². The Morgan fingerprint density at radius 2 is 1.78 bits per heavy atom. The highest BCUT2D eigenvalue weighted by atomic mass is 16.2. The molecule has 2 aromatic rings. The lowest BCUT2D eigenvalue weighted by molar-refractivity contribution is -0.120. The molecule has 1 saturated carbocycles. The molecule has 1 heterocycles. The van der Waals surface area contributed by atoms with Crippen molar-refractivity contribution >= 4 is 17.5 Å². The number of aryl methyl sites for hydroxylation is 1. The number of nitrogens with one attached hydrogen (secondary N) is 1. The Morgan fingerprint density at radius 1 is 1.00 bits per heavy atom. The maximum atomic E-state index is 13.3. The number of amides is 2. The zero-order chi connectivity index (χ0) is 18.8. The molecule has 3 atom stereocenters. The smallest absolute Gasteiger partial charge is 0.254 e. The normalized spacial score (nSPS) is 24.3. The van der Waals surface area contributed by atoms with Gasteiger partial charge in [0.25, 0.3) is 5.91 Å². The molecule has 2 fully saturated rings. The summed E-state index contributed by atoms with van der Waals surface area (Å²) < 4.78 is 0. The van der Waals surface area contributed by atoms with Gasteiger partial charge in [0, 0.05) is 17.3 Å². The number of fused-ring (bicyclic) bond motifs is 1. The molecule has 4 rings (SSSR count). The topological polar surface area (TPSA) is 49.4 Å². The van der Waals surface area contributed by atoms with Gasteiger partial charge in [0.1, 0.15) is 6.04 Å². The van der Waals surface area contributed by atoms with E-state index in [2.05, 4.69) is 5.32 Å². The van der Waals surface area contributed by atoms with E-state index < -0.39 is 6.04 Å². The van der Waals surface area contributed by atoms with Crippen molar-refractivity contribution in [1.29, 1.82) is 0 Å². The van der Waals surface area contributed by atoms with Crippen LogP contribution in [0.15, 0.2) is 54.6 Å². The molecule has 2 amide bonds. The number of carbonyl (C=O) groups excluding carboxylic acids is 2. The number of carbonyl (C=O) groups is 2. The SMILES string of the molecule is Cc1cccc(NC(=O)C2CC3CCCCC3N2C(=O)c2ccccc2)c1. The molecule has 4 nitrogen and oxygen atoms in total. The zero-order valence-electron chi connectivity index (χ0n) is 15.7. The van der Waals surface area contributed by atoms with E-state index in [1.165, 1.54) is 6.42 Å². The number of rotatable bonds is 3. The van der Waals surface area contributed by atoms with Crippen LogP contribution in [0.4, 0.5) is 5.69 Å². The molecule has 0 bridgehead atoms. The number of hydrogen-bond donors (Lipinski definition) is 1. The first-order valence-electron chi connectivity index (χ1n) is 9.89. The molecule has 0 aromatic heterocycles. The van der Waals surface area contributed by atoms with Crippen LogP contribution in [-0.4, -0.2) is 28.8 Å². The van der Waals surface area contributed by atoms with Crippen LogP contribution in [-0.2, 0) is 4.79 Å². The average Bonchev–Trinajstić information content (AvgIpc) is 3.08. The van der Waals surface area contributed by atoms with Crippen LogP contribution in [0.1, 0.15) is 48.0 Å². The van der Waals surface area contributed by atoms with Gasteiger partial charge < -0.3 is 10.2 Å². The van der Waals surface area contributed by atoms with E-state index in [1.807, 2.05) is 66.4 Å². The molecule has 3 unspecified atom stereocenters. The third kappa shape index (κ3) is 3.61. The molecule has 0 radical (unpaired) electrons. The molecule has 27 heavy (non-hydrogen) atoms. The highest BCUT2D eigenvalue weighted by Crippen LogP contribution is 2.40. The van der Waals surface area contributed by atoms with E-state index in [4.69, 9.17) is 0 Å². The van der Waals surface area contributed by atoms with E-state index in [0.717, 1.165) is 36.9 Å². The van der Waals surface area contributed by atoms with Crippen LogP contribution >= 0.6 is 0 Å². The standard InChI is InChI=1S/C23H26N2O2/c1-16-8-7-12-19(14-16)24-22(26)21-15-18-11-5-6-13-20(18)25(21)23(27)17-9-3-2-4-10-17/h2-4,7-10,12,14,18,20-21H,5-6,11,13,15H2,1H3,(H,24,26). The zero-order valence-corrected chi connectivity index (χ0v) is 15.7. The maximum absolute atomic E-state index is 13.3. The van der Waals surface area contributed by atoms with Crippen LogP contribution in [0.5, 0.6) is 0 Å². The van der Waals surface area contributed by atoms with Crippen molar-refractivity contribution in [3.05, 3.63) is 65.7 Å². The molecule has 140 valence electrons. The van der Waals surface area contributed by atoms with Crippen LogP contribution in [0, 0.1) is 12.8 Å². The van der Waals surface area contributed by atoms with E-state index >= 15 is 0 Å². The fourth-order valence-electron chi connectivity index (χ4n) is 4.66. The Bertz CT molecular complexity index is 833. The second-order valence-corrected chi connectivity index (χ2v) is 7.80. The lowest BCUT2D eigenvalue weighted by Gasteiger charge is -2.33. The summed E-state index contributed by atoms with van der Waals surface area (Å²) in [5.74, 6) is 0.341. The average molecular weight is 362 g/mol. The van der Waals surface area contributed by atoms with Crippen molar-refractivity contribution in [2.24, 2.45) is 5.92 Å². The van der Waals surface area contributed by atoms with Gasteiger partial charge in [-0.2, -0.15) is 0 Å². The molecule has 4 heteroatoms. The van der Waals surface area contributed by atoms with Crippen molar-refractivity contribution < 1.29 is 9.59 Å². The maximum Gasteiger partial charge on any atom is 0.254 e. The lowest BCUT2D eigenvalue weighted by Crippen LogP contribution is -2.47. The van der Waals surface area contributed by atoms with Gasteiger partial charge in [-0.15, -0.1) is 0 Å². The van der Waals surface area contributed by atoms with E-state index in [-0.39, 0.29) is 17.9 Å². The summed E-state index contributed by atoms with van der Waals surface area (Å²) in [5.41, 5.74) is 2.56. The molecular formula is C23H26N2O2. The molecule has 0 spiro atoms. The number of anilines is 1. The molecule has 2 aromatic carbocycles. The summed E-state index contributed by atoms with van der Waals surface area (Å²) >= 11 is 0. The van der Waals surface area contributed by atoms with Crippen LogP contribution in [0.25, 0.3) is 0 Å². The quantitative estimate of drug-likeness (QED) is 0.879. The third-order valence-electron chi connectivity index (χ3n) is 5.93. The Hall–Kier alpha value is -2.62. The fourth-order valence-corrected chi connectivity index (χ4v) is 4.66. The lowest BCUT2D eigenvalue weighted by atomic mass is 9.84. The minimum absolute atomic E-state index is 0.0191. The van der Waals surface area contributed by atoms with Gasteiger partial charge in [-0.25, -0.2) is 0 Å². The molecule has 1 N–H and O–H groups in total. The van der Waals surface area contributed by atoms with E-state index in [0.29, 0.717) is 11.5 Å². The molecule has 2 aliphatic rings. The minimum Gasteiger partial charge on any atom is -0.324 e. The number of likely N-dealkylation sites (tertiary alicyclic amines) is 1. The Labute approximate surface area is 160 Å². The van der Waals surface area contributed by atoms with Gasteiger partial charge >= 0.3 is 0 Å². The first-order chi connectivity index (χ1) is 13.1. The van der Waals surface area contributed by atoms with Crippen LogP contribution in [0.2, 0.25) is 0 Å². The third-order valence-corrected chi connectivity index (χ3v) is 5.93. The highest BCUT2D eigenvalue weighted by Gasteiger charge is 2.47. The van der Waals surface area contributed by atoms with Gasteiger partial charge in [-0.3, -0.25) is 9.59 Å². The second kappa shape index (κ2) is 7.55. The van der Waals surface area contributed by atoms with E-state index in [1.54, 1.807) is 0 Å². The van der Waals surface area contributed by atoms with Crippen molar-refractivity contribution in [2.75, 3.05) is 5.32 Å². The van der Waals surface area contributed by atoms with Gasteiger partial charge in [0.2, 0.25) is 5.91 Å².